The number of aromatic nitrogens is 2. The number of alkyl halides is 3. The molecule has 0 radical (unpaired) electrons. The fourth-order valence-corrected chi connectivity index (χ4v) is 3.59. The maximum absolute atomic E-state index is 13.1. The van der Waals surface area contributed by atoms with E-state index in [1.165, 1.54) is 23.1 Å². The Labute approximate surface area is 186 Å². The number of amides is 2. The Morgan fingerprint density at radius 1 is 1.19 bits per heavy atom. The highest BCUT2D eigenvalue weighted by Gasteiger charge is 2.33. The second-order valence-corrected chi connectivity index (χ2v) is 8.22. The molecule has 2 amide bonds. The molecular formula is C23H31F3N4O2. The lowest BCUT2D eigenvalue weighted by atomic mass is 10.1. The van der Waals surface area contributed by atoms with Crippen LogP contribution in [0, 0.1) is 19.8 Å². The Morgan fingerprint density at radius 2 is 1.84 bits per heavy atom. The second-order valence-electron chi connectivity index (χ2n) is 8.22. The maximum atomic E-state index is 13.1. The van der Waals surface area contributed by atoms with Crippen LogP contribution in [0.2, 0.25) is 0 Å². The second kappa shape index (κ2) is 10.7. The largest absolute Gasteiger partial charge is 0.418 e. The van der Waals surface area contributed by atoms with Crippen molar-refractivity contribution >= 4 is 17.5 Å². The summed E-state index contributed by atoms with van der Waals surface area (Å²) in [6.07, 6.45) is -3.90. The van der Waals surface area contributed by atoms with E-state index in [4.69, 9.17) is 0 Å². The van der Waals surface area contributed by atoms with Gasteiger partial charge in [0, 0.05) is 25.2 Å². The molecule has 176 valence electrons. The van der Waals surface area contributed by atoms with E-state index in [-0.39, 0.29) is 31.1 Å². The predicted molar refractivity (Wildman–Crippen MR) is 117 cm³/mol. The molecule has 1 aromatic carbocycles. The van der Waals surface area contributed by atoms with Gasteiger partial charge in [-0.3, -0.25) is 14.3 Å². The van der Waals surface area contributed by atoms with Crippen molar-refractivity contribution < 1.29 is 22.8 Å². The van der Waals surface area contributed by atoms with Crippen LogP contribution < -0.4 is 5.32 Å². The number of nitrogens with zero attached hydrogens (tertiary/aromatic N) is 3. The maximum Gasteiger partial charge on any atom is 0.418 e. The standard InChI is InChI=1S/C23H31F3N4O2/c1-6-29(14-21(31)27-20-10-8-7-9-19(20)23(24,25)26)22(32)12-11-18-16(4)28-30(17(18)5)13-15(2)3/h7-10,15H,6,11-14H2,1-5H3,(H,27,31). The van der Waals surface area contributed by atoms with Crippen LogP contribution in [0.4, 0.5) is 18.9 Å². The summed E-state index contributed by atoms with van der Waals surface area (Å²) in [6.45, 7) is 10.6. The number of hydrogen-bond donors (Lipinski definition) is 1. The average molecular weight is 453 g/mol. The Bertz CT molecular complexity index is 951. The summed E-state index contributed by atoms with van der Waals surface area (Å²) in [7, 11) is 0. The Hall–Kier alpha value is -2.84. The first-order valence-electron chi connectivity index (χ1n) is 10.7. The number of carbonyl (C=O) groups excluding carboxylic acids is 2. The van der Waals surface area contributed by atoms with E-state index in [1.54, 1.807) is 6.92 Å². The third-order valence-electron chi connectivity index (χ3n) is 5.23. The van der Waals surface area contributed by atoms with E-state index in [1.807, 2.05) is 18.5 Å². The first-order valence-corrected chi connectivity index (χ1v) is 10.7. The lowest BCUT2D eigenvalue weighted by molar-refractivity contribution is -0.137. The molecule has 9 heteroatoms. The summed E-state index contributed by atoms with van der Waals surface area (Å²) in [5, 5.41) is 6.84. The van der Waals surface area contributed by atoms with E-state index in [2.05, 4.69) is 24.3 Å². The summed E-state index contributed by atoms with van der Waals surface area (Å²) in [5.41, 5.74) is 1.66. The topological polar surface area (TPSA) is 67.2 Å². The third-order valence-corrected chi connectivity index (χ3v) is 5.23. The van der Waals surface area contributed by atoms with Gasteiger partial charge in [0.25, 0.3) is 0 Å². The molecule has 0 saturated heterocycles. The van der Waals surface area contributed by atoms with Crippen molar-refractivity contribution in [3.8, 4) is 0 Å². The minimum absolute atomic E-state index is 0.190. The molecule has 0 saturated carbocycles. The van der Waals surface area contributed by atoms with Crippen LogP contribution in [0.1, 0.15) is 49.7 Å². The fraction of sp³-hybridized carbons (Fsp3) is 0.522. The minimum Gasteiger partial charge on any atom is -0.334 e. The van der Waals surface area contributed by atoms with E-state index < -0.39 is 17.6 Å². The molecule has 1 N–H and O–H groups in total. The van der Waals surface area contributed by atoms with Gasteiger partial charge >= 0.3 is 6.18 Å². The van der Waals surface area contributed by atoms with Gasteiger partial charge in [0.2, 0.25) is 11.8 Å². The summed E-state index contributed by atoms with van der Waals surface area (Å²) in [6, 6.07) is 4.77. The highest BCUT2D eigenvalue weighted by atomic mass is 19.4. The minimum atomic E-state index is -4.58. The first-order chi connectivity index (χ1) is 14.9. The molecule has 0 aliphatic heterocycles. The Kier molecular flexibility index (Phi) is 8.46. The number of aryl methyl sites for hydroxylation is 1. The van der Waals surface area contributed by atoms with Crippen molar-refractivity contribution in [2.24, 2.45) is 5.92 Å². The predicted octanol–water partition coefficient (Wildman–Crippen LogP) is 4.59. The normalized spacial score (nSPS) is 11.7. The monoisotopic (exact) mass is 452 g/mol. The molecule has 0 unspecified atom stereocenters. The molecule has 6 nitrogen and oxygen atoms in total. The number of para-hydroxylation sites is 1. The Balaban J connectivity index is 2.01. The van der Waals surface area contributed by atoms with Crippen LogP contribution in [0.5, 0.6) is 0 Å². The first kappa shape index (κ1) is 25.4. The van der Waals surface area contributed by atoms with Crippen molar-refractivity contribution in [2.45, 2.75) is 60.2 Å². The van der Waals surface area contributed by atoms with Crippen molar-refractivity contribution in [3.05, 3.63) is 46.8 Å². The summed E-state index contributed by atoms with van der Waals surface area (Å²) >= 11 is 0. The third kappa shape index (κ3) is 6.58. The molecule has 1 heterocycles. The van der Waals surface area contributed by atoms with Crippen LogP contribution in [-0.4, -0.2) is 39.6 Å². The zero-order valence-corrected chi connectivity index (χ0v) is 19.2. The highest BCUT2D eigenvalue weighted by molar-refractivity contribution is 5.95. The molecule has 1 aromatic heterocycles. The molecule has 0 aliphatic carbocycles. The Morgan fingerprint density at radius 3 is 2.44 bits per heavy atom. The molecule has 32 heavy (non-hydrogen) atoms. The number of carbonyl (C=O) groups is 2. The zero-order valence-electron chi connectivity index (χ0n) is 19.2. The van der Waals surface area contributed by atoms with Crippen LogP contribution in [0.15, 0.2) is 24.3 Å². The van der Waals surface area contributed by atoms with Crippen molar-refractivity contribution in [3.63, 3.8) is 0 Å². The number of rotatable bonds is 9. The molecule has 0 fully saturated rings. The van der Waals surface area contributed by atoms with E-state index in [0.717, 1.165) is 29.6 Å². The lowest BCUT2D eigenvalue weighted by Crippen LogP contribution is -2.38. The average Bonchev–Trinajstić information content (AvgIpc) is 2.96. The van der Waals surface area contributed by atoms with Crippen LogP contribution in [0.3, 0.4) is 0 Å². The quantitative estimate of drug-likeness (QED) is 0.605. The van der Waals surface area contributed by atoms with Gasteiger partial charge in [0.15, 0.2) is 0 Å². The van der Waals surface area contributed by atoms with Crippen LogP contribution in [0.25, 0.3) is 0 Å². The van der Waals surface area contributed by atoms with Gasteiger partial charge in [0.1, 0.15) is 0 Å². The zero-order chi connectivity index (χ0) is 24.1. The number of benzene rings is 1. The molecule has 2 aromatic rings. The van der Waals surface area contributed by atoms with Gasteiger partial charge < -0.3 is 10.2 Å². The van der Waals surface area contributed by atoms with Gasteiger partial charge in [-0.25, -0.2) is 0 Å². The SMILES string of the molecule is CCN(CC(=O)Nc1ccccc1C(F)(F)F)C(=O)CCc1c(C)nn(CC(C)C)c1C. The molecule has 0 spiro atoms. The van der Waals surface area contributed by atoms with Gasteiger partial charge in [0.05, 0.1) is 23.5 Å². The smallest absolute Gasteiger partial charge is 0.334 e. The van der Waals surface area contributed by atoms with Crippen molar-refractivity contribution in [1.82, 2.24) is 14.7 Å². The van der Waals surface area contributed by atoms with E-state index >= 15 is 0 Å². The number of likely N-dealkylation sites (N-methyl/N-ethyl adjacent to an activating group) is 1. The number of hydrogen-bond acceptors (Lipinski definition) is 3. The summed E-state index contributed by atoms with van der Waals surface area (Å²) < 4.78 is 41.3. The number of nitrogens with one attached hydrogen (secondary N) is 1. The fourth-order valence-electron chi connectivity index (χ4n) is 3.59. The number of halogens is 3. The van der Waals surface area contributed by atoms with Gasteiger partial charge in [-0.2, -0.15) is 18.3 Å². The van der Waals surface area contributed by atoms with Gasteiger partial charge in [-0.05, 0) is 50.8 Å². The van der Waals surface area contributed by atoms with Crippen LogP contribution in [-0.2, 0) is 28.7 Å². The molecule has 0 bridgehead atoms. The van der Waals surface area contributed by atoms with Crippen LogP contribution >= 0.6 is 0 Å². The van der Waals surface area contributed by atoms with Crippen molar-refractivity contribution in [1.29, 1.82) is 0 Å². The van der Waals surface area contributed by atoms with Gasteiger partial charge in [-0.1, -0.05) is 26.0 Å². The molecule has 0 aliphatic rings. The summed E-state index contributed by atoms with van der Waals surface area (Å²) in [5.74, 6) is -0.463. The van der Waals surface area contributed by atoms with Gasteiger partial charge in [-0.15, -0.1) is 0 Å². The molecular weight excluding hydrogens is 421 g/mol. The lowest BCUT2D eigenvalue weighted by Gasteiger charge is -2.21. The molecule has 0 atom stereocenters. The highest BCUT2D eigenvalue weighted by Crippen LogP contribution is 2.34. The molecule has 2 rings (SSSR count). The number of anilines is 1. The van der Waals surface area contributed by atoms with Crippen molar-refractivity contribution in [2.75, 3.05) is 18.4 Å². The summed E-state index contributed by atoms with van der Waals surface area (Å²) in [4.78, 5) is 26.4. The van der Waals surface area contributed by atoms with E-state index in [9.17, 15) is 22.8 Å². The van der Waals surface area contributed by atoms with E-state index in [0.29, 0.717) is 12.3 Å².